The predicted octanol–water partition coefficient (Wildman–Crippen LogP) is 4.79. The topological polar surface area (TPSA) is 193 Å². The van der Waals surface area contributed by atoms with Gasteiger partial charge in [-0.05, 0) is 105 Å². The lowest BCUT2D eigenvalue weighted by Crippen LogP contribution is -2.52. The summed E-state index contributed by atoms with van der Waals surface area (Å²) >= 11 is 0. The number of piperazine rings is 1. The van der Waals surface area contributed by atoms with Crippen LogP contribution in [0.3, 0.4) is 0 Å². The van der Waals surface area contributed by atoms with Crippen LogP contribution in [0, 0.1) is 11.6 Å². The van der Waals surface area contributed by atoms with Gasteiger partial charge in [0.2, 0.25) is 29.5 Å². The van der Waals surface area contributed by atoms with E-state index in [1.165, 1.54) is 16.1 Å². The van der Waals surface area contributed by atoms with E-state index < -0.39 is 38.9 Å². The number of allylic oxidation sites excluding steroid dienone is 1. The Labute approximate surface area is 369 Å². The van der Waals surface area contributed by atoms with Crippen molar-refractivity contribution >= 4 is 68.7 Å². The largest absolute Gasteiger partial charge is 0.345 e. The van der Waals surface area contributed by atoms with E-state index in [4.69, 9.17) is 0 Å². The molecule has 1 unspecified atom stereocenters. The summed E-state index contributed by atoms with van der Waals surface area (Å²) in [5, 5.41) is 2.73. The number of ketones is 1. The van der Waals surface area contributed by atoms with E-state index in [1.54, 1.807) is 25.4 Å². The van der Waals surface area contributed by atoms with Crippen LogP contribution < -0.4 is 10.0 Å². The number of anilines is 1. The molecule has 4 aromatic rings. The van der Waals surface area contributed by atoms with Crippen molar-refractivity contribution in [2.24, 2.45) is 9.98 Å². The van der Waals surface area contributed by atoms with E-state index in [1.807, 2.05) is 21.9 Å². The smallest absolute Gasteiger partial charge is 0.301 e. The highest BCUT2D eigenvalue weighted by molar-refractivity contribution is 7.90. The summed E-state index contributed by atoms with van der Waals surface area (Å²) in [6.45, 7) is 9.98. The molecular formula is C45H50F2N10O6S. The zero-order valence-corrected chi connectivity index (χ0v) is 36.3. The van der Waals surface area contributed by atoms with Crippen molar-refractivity contribution in [3.05, 3.63) is 101 Å². The predicted molar refractivity (Wildman–Crippen MR) is 238 cm³/mol. The highest BCUT2D eigenvalue weighted by Crippen LogP contribution is 2.32. The molecule has 0 bridgehead atoms. The third-order valence-electron chi connectivity index (χ3n) is 12.6. The second kappa shape index (κ2) is 18.9. The molecule has 0 spiro atoms. The van der Waals surface area contributed by atoms with Gasteiger partial charge in [-0.2, -0.15) is 12.7 Å². The minimum absolute atomic E-state index is 0.0565. The number of fused-ring (bicyclic) bond motifs is 1. The van der Waals surface area contributed by atoms with Crippen LogP contribution in [0.2, 0.25) is 0 Å². The summed E-state index contributed by atoms with van der Waals surface area (Å²) in [6.07, 6.45) is 8.52. The number of carbonyl (C=O) groups is 4. The zero-order valence-electron chi connectivity index (χ0n) is 35.5. The van der Waals surface area contributed by atoms with Crippen molar-refractivity contribution in [3.8, 4) is 0 Å². The number of imide groups is 1. The fourth-order valence-corrected chi connectivity index (χ4v) is 10.2. The van der Waals surface area contributed by atoms with Crippen molar-refractivity contribution in [3.63, 3.8) is 0 Å². The van der Waals surface area contributed by atoms with Gasteiger partial charge < -0.3 is 14.8 Å². The minimum Gasteiger partial charge on any atom is -0.345 e. The van der Waals surface area contributed by atoms with Crippen LogP contribution in [0.5, 0.6) is 0 Å². The molecule has 3 amide bonds. The molecule has 6 heterocycles. The van der Waals surface area contributed by atoms with E-state index in [2.05, 4.69) is 53.7 Å². The second-order valence-electron chi connectivity index (χ2n) is 16.6. The number of benzene rings is 2. The molecule has 4 aliphatic heterocycles. The Kier molecular flexibility index (Phi) is 13.1. The number of nitrogens with one attached hydrogen (secondary N) is 3. The Balaban J connectivity index is 0.852. The Morgan fingerprint density at radius 1 is 0.938 bits per heavy atom. The molecule has 336 valence electrons. The summed E-state index contributed by atoms with van der Waals surface area (Å²) in [5.41, 5.74) is 2.17. The molecule has 64 heavy (non-hydrogen) atoms. The highest BCUT2D eigenvalue weighted by Gasteiger charge is 2.32. The Morgan fingerprint density at radius 2 is 1.62 bits per heavy atom. The number of aliphatic imine (C=N–C) groups is 2. The summed E-state index contributed by atoms with van der Waals surface area (Å²) < 4.78 is 59.8. The van der Waals surface area contributed by atoms with Crippen molar-refractivity contribution < 1.29 is 36.4 Å². The second-order valence-corrected chi connectivity index (χ2v) is 18.3. The first-order valence-corrected chi connectivity index (χ1v) is 22.9. The molecule has 0 radical (unpaired) electrons. The summed E-state index contributed by atoms with van der Waals surface area (Å²) in [6, 6.07) is 11.6. The first-order chi connectivity index (χ1) is 30.8. The van der Waals surface area contributed by atoms with Crippen LogP contribution in [-0.2, 0) is 24.6 Å². The molecule has 3 N–H and O–H groups in total. The van der Waals surface area contributed by atoms with Gasteiger partial charge in [-0.3, -0.25) is 34.1 Å². The number of aromatic amines is 1. The molecular weight excluding hydrogens is 847 g/mol. The maximum atomic E-state index is 15.7. The van der Waals surface area contributed by atoms with Crippen LogP contribution in [0.4, 0.5) is 14.5 Å². The van der Waals surface area contributed by atoms with E-state index in [0.29, 0.717) is 92.5 Å². The molecule has 8 rings (SSSR count). The van der Waals surface area contributed by atoms with Crippen LogP contribution in [0.25, 0.3) is 16.6 Å². The number of nitrogens with zero attached hydrogens (tertiary/aromatic N) is 7. The van der Waals surface area contributed by atoms with Crippen LogP contribution in [0.15, 0.2) is 71.0 Å². The standard InChI is InChI=1S/C45H50F2N10O6S/c1-28(32-23-34-35(26-50-43(34)49-25-32)42(60)40-36(46)10-11-37(41(40)47)53-64(62,63)57-15-3-4-16-57)24-51-45(48-2)56-21-19-55(20-22-56)39(59)27-54-17-13-30(14-18-54)29-5-7-31(8-6-29)33-9-12-38(58)52-44(33)61/h5-8,10-11,23-26,30,33,53H,2-4,9,12-22,27H2,1H3,(H,49,50)(H,52,58,61)/b28-24+,51-45+. The number of amides is 3. The monoisotopic (exact) mass is 896 g/mol. The summed E-state index contributed by atoms with van der Waals surface area (Å²) in [7, 11) is -4.11. The molecule has 16 nitrogen and oxygen atoms in total. The number of guanidine groups is 1. The van der Waals surface area contributed by atoms with Gasteiger partial charge in [0, 0.05) is 75.2 Å². The van der Waals surface area contributed by atoms with Crippen LogP contribution in [-0.4, -0.2) is 132 Å². The summed E-state index contributed by atoms with van der Waals surface area (Å²) in [5.74, 6) is -3.41. The van der Waals surface area contributed by atoms with Gasteiger partial charge in [-0.15, -0.1) is 0 Å². The zero-order chi connectivity index (χ0) is 45.1. The fraction of sp³-hybridized carbons (Fsp3) is 0.400. The van der Waals surface area contributed by atoms with Crippen molar-refractivity contribution in [1.29, 1.82) is 0 Å². The Bertz CT molecular complexity index is 2650. The molecule has 0 aliphatic carbocycles. The quantitative estimate of drug-likeness (QED) is 0.0823. The lowest BCUT2D eigenvalue weighted by Gasteiger charge is -2.37. The SMILES string of the molecule is C=N/C(=N\C=C(/C)c1cnc2[nH]cc(C(=O)c3c(F)ccc(NS(=O)(=O)N4CCCC4)c3F)c2c1)N1CCN(C(=O)CN2CCC(c3ccc(C4CCC(=O)NC4=O)cc3)CC2)CC1. The summed E-state index contributed by atoms with van der Waals surface area (Å²) in [4.78, 5) is 72.9. The van der Waals surface area contributed by atoms with Gasteiger partial charge in [0.25, 0.3) is 0 Å². The van der Waals surface area contributed by atoms with Gasteiger partial charge in [-0.1, -0.05) is 24.3 Å². The average Bonchev–Trinajstić information content (AvgIpc) is 4.00. The number of likely N-dealkylation sites (tertiary alicyclic amines) is 1. The maximum Gasteiger partial charge on any atom is 0.301 e. The molecule has 19 heteroatoms. The third kappa shape index (κ3) is 9.51. The van der Waals surface area contributed by atoms with Gasteiger partial charge >= 0.3 is 10.2 Å². The van der Waals surface area contributed by atoms with Crippen molar-refractivity contribution in [1.82, 2.24) is 34.3 Å². The minimum atomic E-state index is -4.11. The number of pyridine rings is 1. The first-order valence-electron chi connectivity index (χ1n) is 21.5. The molecule has 2 aromatic heterocycles. The number of hydrogen-bond donors (Lipinski definition) is 3. The number of rotatable bonds is 11. The number of halogens is 2. The number of H-pyrrole nitrogens is 1. The number of piperidine rings is 2. The van der Waals surface area contributed by atoms with Crippen LogP contribution in [0.1, 0.15) is 89.9 Å². The van der Waals surface area contributed by atoms with Gasteiger partial charge in [0.05, 0.1) is 23.7 Å². The lowest BCUT2D eigenvalue weighted by molar-refractivity contribution is -0.135. The van der Waals surface area contributed by atoms with Gasteiger partial charge in [0.15, 0.2) is 5.82 Å². The normalized spacial score (nSPS) is 19.9. The first kappa shape index (κ1) is 44.4. The molecule has 4 aliphatic rings. The molecule has 2 aromatic carbocycles. The molecule has 4 saturated heterocycles. The number of aromatic nitrogens is 2. The highest BCUT2D eigenvalue weighted by atomic mass is 32.2. The van der Waals surface area contributed by atoms with Gasteiger partial charge in [-0.25, -0.2) is 23.7 Å². The van der Waals surface area contributed by atoms with E-state index in [0.717, 1.165) is 43.6 Å². The van der Waals surface area contributed by atoms with Crippen LogP contribution >= 0.6 is 0 Å². The fourth-order valence-electron chi connectivity index (χ4n) is 8.85. The molecule has 1 atom stereocenters. The molecule has 0 saturated carbocycles. The number of hydrogen-bond acceptors (Lipinski definition) is 9. The number of carbonyl (C=O) groups excluding carboxylic acids is 4. The molecule has 4 fully saturated rings. The Morgan fingerprint density at radius 3 is 2.31 bits per heavy atom. The average molecular weight is 897 g/mol. The van der Waals surface area contributed by atoms with E-state index in [9.17, 15) is 27.6 Å². The Hall–Kier alpha value is -6.18. The van der Waals surface area contributed by atoms with E-state index in [-0.39, 0.29) is 42.3 Å². The van der Waals surface area contributed by atoms with E-state index >= 15 is 8.78 Å². The van der Waals surface area contributed by atoms with Crippen molar-refractivity contribution in [2.45, 2.75) is 57.3 Å². The third-order valence-corrected chi connectivity index (χ3v) is 14.1. The van der Waals surface area contributed by atoms with Gasteiger partial charge in [0.1, 0.15) is 11.5 Å². The maximum absolute atomic E-state index is 15.7. The lowest BCUT2D eigenvalue weighted by atomic mass is 9.86. The van der Waals surface area contributed by atoms with Crippen molar-refractivity contribution in [2.75, 3.05) is 63.6 Å².